The van der Waals surface area contributed by atoms with Crippen LogP contribution in [-0.4, -0.2) is 28.1 Å². The quantitative estimate of drug-likeness (QED) is 0.670. The Hall–Kier alpha value is -3.06. The number of nitrogens with one attached hydrogen (secondary N) is 1. The van der Waals surface area contributed by atoms with E-state index in [9.17, 15) is 4.79 Å². The fourth-order valence-corrected chi connectivity index (χ4v) is 2.50. The monoisotopic (exact) mass is 352 g/mol. The Kier molecular flexibility index (Phi) is 6.05. The first-order valence-corrected chi connectivity index (χ1v) is 8.31. The summed E-state index contributed by atoms with van der Waals surface area (Å²) in [6.07, 6.45) is 4.01. The van der Waals surface area contributed by atoms with E-state index in [1.807, 2.05) is 24.3 Å². The Morgan fingerprint density at radius 3 is 2.69 bits per heavy atom. The first kappa shape index (κ1) is 17.8. The number of amides is 1. The van der Waals surface area contributed by atoms with Crippen LogP contribution in [0.1, 0.15) is 23.4 Å². The van der Waals surface area contributed by atoms with Crippen molar-refractivity contribution in [2.45, 2.75) is 26.0 Å². The number of aryl methyl sites for hydroxylation is 1. The SMILES string of the molecule is COCc1ccccc1CNC(=O)CCc1nc(-c2ccncc2)no1. The number of benzene rings is 1. The maximum atomic E-state index is 12.1. The van der Waals surface area contributed by atoms with Crippen molar-refractivity contribution >= 4 is 5.91 Å². The summed E-state index contributed by atoms with van der Waals surface area (Å²) in [4.78, 5) is 20.4. The summed E-state index contributed by atoms with van der Waals surface area (Å²) in [5, 5.41) is 6.84. The van der Waals surface area contributed by atoms with Gasteiger partial charge in [-0.15, -0.1) is 0 Å². The molecular formula is C19H20N4O3. The second kappa shape index (κ2) is 8.87. The van der Waals surface area contributed by atoms with Crippen molar-refractivity contribution in [2.24, 2.45) is 0 Å². The normalized spacial score (nSPS) is 10.7. The molecule has 0 radical (unpaired) electrons. The molecule has 1 N–H and O–H groups in total. The van der Waals surface area contributed by atoms with Gasteiger partial charge in [0.25, 0.3) is 0 Å². The molecule has 0 aliphatic carbocycles. The van der Waals surface area contributed by atoms with Crippen molar-refractivity contribution in [3.05, 3.63) is 65.8 Å². The molecule has 0 atom stereocenters. The molecule has 2 heterocycles. The molecule has 134 valence electrons. The Balaban J connectivity index is 1.50. The van der Waals surface area contributed by atoms with Crippen LogP contribution in [0.15, 0.2) is 53.3 Å². The lowest BCUT2D eigenvalue weighted by molar-refractivity contribution is -0.121. The first-order chi connectivity index (χ1) is 12.8. The molecule has 0 saturated heterocycles. The molecule has 3 rings (SSSR count). The predicted octanol–water partition coefficient (Wildman–Crippen LogP) is 2.53. The topological polar surface area (TPSA) is 90.1 Å². The van der Waals surface area contributed by atoms with E-state index in [0.29, 0.717) is 31.3 Å². The zero-order chi connectivity index (χ0) is 18.2. The number of carbonyl (C=O) groups excluding carboxylic acids is 1. The maximum Gasteiger partial charge on any atom is 0.227 e. The van der Waals surface area contributed by atoms with Gasteiger partial charge in [0.05, 0.1) is 6.61 Å². The molecule has 0 spiro atoms. The molecule has 0 unspecified atom stereocenters. The third-order valence-corrected chi connectivity index (χ3v) is 3.87. The summed E-state index contributed by atoms with van der Waals surface area (Å²) in [7, 11) is 1.65. The highest BCUT2D eigenvalue weighted by molar-refractivity contribution is 5.76. The Bertz CT molecular complexity index is 849. The standard InChI is InChI=1S/C19H20N4O3/c1-25-13-16-5-3-2-4-15(16)12-21-17(24)6-7-18-22-19(23-26-18)14-8-10-20-11-9-14/h2-5,8-11H,6-7,12-13H2,1H3,(H,21,24). The lowest BCUT2D eigenvalue weighted by atomic mass is 10.1. The number of ether oxygens (including phenoxy) is 1. The van der Waals surface area contributed by atoms with E-state index in [2.05, 4.69) is 20.4 Å². The van der Waals surface area contributed by atoms with Crippen LogP contribution in [0.25, 0.3) is 11.4 Å². The average Bonchev–Trinajstić information content (AvgIpc) is 3.16. The number of aromatic nitrogens is 3. The second-order valence-corrected chi connectivity index (χ2v) is 5.73. The highest BCUT2D eigenvalue weighted by Crippen LogP contribution is 2.14. The van der Waals surface area contributed by atoms with E-state index in [-0.39, 0.29) is 12.3 Å². The third kappa shape index (κ3) is 4.73. The smallest absolute Gasteiger partial charge is 0.227 e. The Labute approximate surface area is 151 Å². The number of methoxy groups -OCH3 is 1. The van der Waals surface area contributed by atoms with Gasteiger partial charge in [0.2, 0.25) is 17.6 Å². The molecule has 2 aromatic heterocycles. The van der Waals surface area contributed by atoms with Crippen LogP contribution in [-0.2, 0) is 29.1 Å². The van der Waals surface area contributed by atoms with Gasteiger partial charge in [0, 0.05) is 44.5 Å². The molecule has 0 saturated carbocycles. The molecule has 1 aromatic carbocycles. The van der Waals surface area contributed by atoms with Gasteiger partial charge in [-0.3, -0.25) is 9.78 Å². The van der Waals surface area contributed by atoms with Crippen molar-refractivity contribution in [2.75, 3.05) is 7.11 Å². The van der Waals surface area contributed by atoms with Crippen LogP contribution in [0, 0.1) is 0 Å². The van der Waals surface area contributed by atoms with Crippen LogP contribution >= 0.6 is 0 Å². The molecule has 1 amide bonds. The summed E-state index contributed by atoms with van der Waals surface area (Å²) in [6, 6.07) is 11.5. The summed E-state index contributed by atoms with van der Waals surface area (Å²) < 4.78 is 10.4. The van der Waals surface area contributed by atoms with E-state index < -0.39 is 0 Å². The van der Waals surface area contributed by atoms with Gasteiger partial charge in [0.15, 0.2) is 0 Å². The van der Waals surface area contributed by atoms with E-state index in [1.165, 1.54) is 0 Å². The molecule has 3 aromatic rings. The van der Waals surface area contributed by atoms with Gasteiger partial charge in [-0.25, -0.2) is 0 Å². The highest BCUT2D eigenvalue weighted by atomic mass is 16.5. The van der Waals surface area contributed by atoms with Gasteiger partial charge in [-0.2, -0.15) is 4.98 Å². The van der Waals surface area contributed by atoms with Crippen LogP contribution in [0.4, 0.5) is 0 Å². The number of hydrogen-bond donors (Lipinski definition) is 1. The Morgan fingerprint density at radius 2 is 1.92 bits per heavy atom. The summed E-state index contributed by atoms with van der Waals surface area (Å²) >= 11 is 0. The highest BCUT2D eigenvalue weighted by Gasteiger charge is 2.11. The Morgan fingerprint density at radius 1 is 1.15 bits per heavy atom. The molecule has 0 aliphatic heterocycles. The van der Waals surface area contributed by atoms with Crippen LogP contribution in [0.2, 0.25) is 0 Å². The van der Waals surface area contributed by atoms with E-state index in [0.717, 1.165) is 16.7 Å². The number of pyridine rings is 1. The van der Waals surface area contributed by atoms with E-state index in [1.54, 1.807) is 31.6 Å². The molecule has 0 aliphatic rings. The van der Waals surface area contributed by atoms with Crippen LogP contribution in [0.5, 0.6) is 0 Å². The fraction of sp³-hybridized carbons (Fsp3) is 0.263. The number of rotatable bonds is 8. The molecule has 7 heteroatoms. The lowest BCUT2D eigenvalue weighted by Crippen LogP contribution is -2.23. The molecule has 26 heavy (non-hydrogen) atoms. The van der Waals surface area contributed by atoms with E-state index >= 15 is 0 Å². The minimum absolute atomic E-state index is 0.0686. The van der Waals surface area contributed by atoms with Crippen molar-refractivity contribution in [3.63, 3.8) is 0 Å². The fourth-order valence-electron chi connectivity index (χ4n) is 2.50. The van der Waals surface area contributed by atoms with Gasteiger partial charge < -0.3 is 14.6 Å². The zero-order valence-electron chi connectivity index (χ0n) is 14.5. The molecule has 0 bridgehead atoms. The first-order valence-electron chi connectivity index (χ1n) is 8.31. The van der Waals surface area contributed by atoms with E-state index in [4.69, 9.17) is 9.26 Å². The minimum atomic E-state index is -0.0686. The summed E-state index contributed by atoms with van der Waals surface area (Å²) in [5.41, 5.74) is 2.93. The number of hydrogen-bond acceptors (Lipinski definition) is 6. The maximum absolute atomic E-state index is 12.1. The molecular weight excluding hydrogens is 332 g/mol. The largest absolute Gasteiger partial charge is 0.380 e. The van der Waals surface area contributed by atoms with Crippen molar-refractivity contribution in [1.29, 1.82) is 0 Å². The lowest BCUT2D eigenvalue weighted by Gasteiger charge is -2.09. The summed E-state index contributed by atoms with van der Waals surface area (Å²) in [5.74, 6) is 0.865. The van der Waals surface area contributed by atoms with Gasteiger partial charge in [-0.05, 0) is 23.3 Å². The third-order valence-electron chi connectivity index (χ3n) is 3.87. The van der Waals surface area contributed by atoms with Crippen molar-refractivity contribution < 1.29 is 14.1 Å². The van der Waals surface area contributed by atoms with Crippen molar-refractivity contribution in [3.8, 4) is 11.4 Å². The van der Waals surface area contributed by atoms with Crippen LogP contribution in [0.3, 0.4) is 0 Å². The zero-order valence-corrected chi connectivity index (χ0v) is 14.5. The van der Waals surface area contributed by atoms with Gasteiger partial charge >= 0.3 is 0 Å². The van der Waals surface area contributed by atoms with Crippen LogP contribution < -0.4 is 5.32 Å². The molecule has 0 fully saturated rings. The second-order valence-electron chi connectivity index (χ2n) is 5.73. The number of carbonyl (C=O) groups is 1. The minimum Gasteiger partial charge on any atom is -0.380 e. The van der Waals surface area contributed by atoms with Crippen molar-refractivity contribution in [1.82, 2.24) is 20.4 Å². The van der Waals surface area contributed by atoms with Gasteiger partial charge in [-0.1, -0.05) is 29.4 Å². The average molecular weight is 352 g/mol. The molecule has 7 nitrogen and oxygen atoms in total. The number of nitrogens with zero attached hydrogens (tertiary/aromatic N) is 3. The summed E-state index contributed by atoms with van der Waals surface area (Å²) in [6.45, 7) is 0.982. The van der Waals surface area contributed by atoms with Gasteiger partial charge in [0.1, 0.15) is 0 Å². The predicted molar refractivity (Wildman–Crippen MR) is 94.9 cm³/mol.